The van der Waals surface area contributed by atoms with Crippen molar-refractivity contribution < 1.29 is 4.74 Å². The van der Waals surface area contributed by atoms with Gasteiger partial charge in [0.15, 0.2) is 0 Å². The minimum Gasteiger partial charge on any atom is -0.378 e. The van der Waals surface area contributed by atoms with Crippen LogP contribution >= 0.6 is 0 Å². The van der Waals surface area contributed by atoms with Crippen molar-refractivity contribution in [3.05, 3.63) is 23.9 Å². The van der Waals surface area contributed by atoms with E-state index in [-0.39, 0.29) is 0 Å². The van der Waals surface area contributed by atoms with Gasteiger partial charge in [-0.1, -0.05) is 6.07 Å². The van der Waals surface area contributed by atoms with Gasteiger partial charge in [0.05, 0.1) is 19.3 Å². The van der Waals surface area contributed by atoms with E-state index in [2.05, 4.69) is 20.9 Å². The first-order valence-corrected chi connectivity index (χ1v) is 7.81. The van der Waals surface area contributed by atoms with Crippen LogP contribution in [0, 0.1) is 17.2 Å². The third-order valence-corrected chi connectivity index (χ3v) is 4.89. The molecule has 0 unspecified atom stereocenters. The maximum atomic E-state index is 8.99. The third-order valence-electron chi connectivity index (χ3n) is 4.89. The number of pyridine rings is 1. The van der Waals surface area contributed by atoms with Gasteiger partial charge in [-0.05, 0) is 30.9 Å². The van der Waals surface area contributed by atoms with Crippen LogP contribution in [0.25, 0.3) is 0 Å². The lowest BCUT2D eigenvalue weighted by Crippen LogP contribution is -2.62. The van der Waals surface area contributed by atoms with E-state index < -0.39 is 0 Å². The first-order chi connectivity index (χ1) is 10.3. The number of anilines is 1. The van der Waals surface area contributed by atoms with Crippen molar-refractivity contribution in [1.82, 2.24) is 9.88 Å². The van der Waals surface area contributed by atoms with E-state index in [1.54, 1.807) is 6.07 Å². The molecule has 5 nitrogen and oxygen atoms in total. The quantitative estimate of drug-likeness (QED) is 0.818. The van der Waals surface area contributed by atoms with Crippen molar-refractivity contribution in [3.63, 3.8) is 0 Å². The highest BCUT2D eigenvalue weighted by Crippen LogP contribution is 2.38. The van der Waals surface area contributed by atoms with Crippen molar-refractivity contribution in [2.75, 3.05) is 37.7 Å². The SMILES string of the molecule is N#Cc1cccc(N2CCN3[C@@H](COC[C@@H]3C3CC3)C2)n1. The molecule has 1 aliphatic carbocycles. The molecule has 2 saturated heterocycles. The Morgan fingerprint density at radius 2 is 2.14 bits per heavy atom. The maximum absolute atomic E-state index is 8.99. The number of nitrogens with zero attached hydrogens (tertiary/aromatic N) is 4. The fourth-order valence-electron chi connectivity index (χ4n) is 3.63. The van der Waals surface area contributed by atoms with Crippen molar-refractivity contribution in [2.24, 2.45) is 5.92 Å². The van der Waals surface area contributed by atoms with E-state index in [9.17, 15) is 0 Å². The molecular formula is C16H20N4O. The minimum absolute atomic E-state index is 0.464. The third kappa shape index (κ3) is 2.50. The van der Waals surface area contributed by atoms with Gasteiger partial charge in [0.2, 0.25) is 0 Å². The predicted octanol–water partition coefficient (Wildman–Crippen LogP) is 1.25. The largest absolute Gasteiger partial charge is 0.378 e. The van der Waals surface area contributed by atoms with E-state index in [0.29, 0.717) is 17.8 Å². The summed E-state index contributed by atoms with van der Waals surface area (Å²) in [7, 11) is 0. The van der Waals surface area contributed by atoms with Crippen LogP contribution in [0.3, 0.4) is 0 Å². The molecule has 0 N–H and O–H groups in total. The Balaban J connectivity index is 1.50. The van der Waals surface area contributed by atoms with Crippen LogP contribution in [0.4, 0.5) is 5.82 Å². The van der Waals surface area contributed by atoms with Gasteiger partial charge in [0.25, 0.3) is 0 Å². The molecule has 3 heterocycles. The zero-order valence-electron chi connectivity index (χ0n) is 12.1. The van der Waals surface area contributed by atoms with Crippen molar-refractivity contribution in [3.8, 4) is 6.07 Å². The van der Waals surface area contributed by atoms with Gasteiger partial charge in [0, 0.05) is 25.7 Å². The number of rotatable bonds is 2. The molecule has 1 saturated carbocycles. The molecule has 0 amide bonds. The average Bonchev–Trinajstić information content (AvgIpc) is 3.38. The molecule has 1 aromatic heterocycles. The van der Waals surface area contributed by atoms with Crippen LogP contribution in [-0.2, 0) is 4.74 Å². The Kier molecular flexibility index (Phi) is 3.28. The number of hydrogen-bond donors (Lipinski definition) is 0. The molecule has 0 bridgehead atoms. The van der Waals surface area contributed by atoms with E-state index in [0.717, 1.165) is 44.6 Å². The molecule has 110 valence electrons. The number of piperazine rings is 1. The lowest BCUT2D eigenvalue weighted by Gasteiger charge is -2.48. The lowest BCUT2D eigenvalue weighted by atomic mass is 10.0. The summed E-state index contributed by atoms with van der Waals surface area (Å²) in [6.45, 7) is 4.74. The van der Waals surface area contributed by atoms with Gasteiger partial charge in [0.1, 0.15) is 17.6 Å². The Hall–Kier alpha value is -1.64. The molecule has 0 radical (unpaired) electrons. The number of ether oxygens (including phenoxy) is 1. The first-order valence-electron chi connectivity index (χ1n) is 7.81. The summed E-state index contributed by atoms with van der Waals surface area (Å²) in [6, 6.07) is 8.88. The molecule has 0 spiro atoms. The van der Waals surface area contributed by atoms with Gasteiger partial charge in [-0.3, -0.25) is 4.90 Å². The van der Waals surface area contributed by atoms with E-state index in [1.807, 2.05) is 12.1 Å². The summed E-state index contributed by atoms with van der Waals surface area (Å²) >= 11 is 0. The second-order valence-corrected chi connectivity index (χ2v) is 6.27. The second-order valence-electron chi connectivity index (χ2n) is 6.27. The first kappa shape index (κ1) is 13.1. The molecule has 2 aliphatic heterocycles. The van der Waals surface area contributed by atoms with Gasteiger partial charge in [-0.25, -0.2) is 4.98 Å². The molecule has 4 rings (SSSR count). The number of morpholine rings is 1. The summed E-state index contributed by atoms with van der Waals surface area (Å²) in [5.74, 6) is 1.78. The number of hydrogen-bond acceptors (Lipinski definition) is 5. The van der Waals surface area contributed by atoms with E-state index in [4.69, 9.17) is 10.00 Å². The molecule has 2 atom stereocenters. The van der Waals surface area contributed by atoms with Crippen LogP contribution in [0.2, 0.25) is 0 Å². The molecule has 0 aromatic carbocycles. The highest BCUT2D eigenvalue weighted by Gasteiger charge is 2.42. The van der Waals surface area contributed by atoms with Crippen LogP contribution in [0.15, 0.2) is 18.2 Å². The Bertz CT molecular complexity index is 566. The highest BCUT2D eigenvalue weighted by atomic mass is 16.5. The van der Waals surface area contributed by atoms with E-state index >= 15 is 0 Å². The molecule has 21 heavy (non-hydrogen) atoms. The Labute approximate surface area is 125 Å². The molecule has 1 aromatic rings. The Morgan fingerprint density at radius 3 is 2.95 bits per heavy atom. The summed E-state index contributed by atoms with van der Waals surface area (Å²) in [4.78, 5) is 9.38. The number of aromatic nitrogens is 1. The minimum atomic E-state index is 0.464. The smallest absolute Gasteiger partial charge is 0.142 e. The standard InChI is InChI=1S/C16H20N4O/c17-8-13-2-1-3-16(18-13)19-6-7-20-14(9-19)10-21-11-15(20)12-4-5-12/h1-3,12,14-15H,4-7,9-11H2/t14-,15-/m1/s1. The van der Waals surface area contributed by atoms with Gasteiger partial charge >= 0.3 is 0 Å². The number of nitriles is 1. The fourth-order valence-corrected chi connectivity index (χ4v) is 3.63. The zero-order valence-corrected chi connectivity index (χ0v) is 12.1. The van der Waals surface area contributed by atoms with Crippen LogP contribution in [-0.4, -0.2) is 54.8 Å². The van der Waals surface area contributed by atoms with Crippen LogP contribution in [0.1, 0.15) is 18.5 Å². The van der Waals surface area contributed by atoms with E-state index in [1.165, 1.54) is 12.8 Å². The highest BCUT2D eigenvalue weighted by molar-refractivity contribution is 5.42. The van der Waals surface area contributed by atoms with Crippen LogP contribution in [0.5, 0.6) is 0 Å². The topological polar surface area (TPSA) is 52.4 Å². The zero-order chi connectivity index (χ0) is 14.2. The summed E-state index contributed by atoms with van der Waals surface area (Å²) < 4.78 is 5.84. The second kappa shape index (κ2) is 5.28. The van der Waals surface area contributed by atoms with Crippen molar-refractivity contribution >= 4 is 5.82 Å². The van der Waals surface area contributed by atoms with Crippen molar-refractivity contribution in [1.29, 1.82) is 5.26 Å². The molecule has 5 heteroatoms. The summed E-state index contributed by atoms with van der Waals surface area (Å²) in [6.07, 6.45) is 2.74. The average molecular weight is 284 g/mol. The van der Waals surface area contributed by atoms with Gasteiger partial charge in [-0.15, -0.1) is 0 Å². The molecule has 3 fully saturated rings. The molecule has 3 aliphatic rings. The maximum Gasteiger partial charge on any atom is 0.142 e. The van der Waals surface area contributed by atoms with Gasteiger partial charge < -0.3 is 9.64 Å². The normalized spacial score (nSPS) is 29.8. The number of fused-ring (bicyclic) bond motifs is 1. The summed E-state index contributed by atoms with van der Waals surface area (Å²) in [5.41, 5.74) is 0.491. The van der Waals surface area contributed by atoms with Gasteiger partial charge in [-0.2, -0.15) is 5.26 Å². The Morgan fingerprint density at radius 1 is 1.24 bits per heavy atom. The fraction of sp³-hybridized carbons (Fsp3) is 0.625. The molecular weight excluding hydrogens is 264 g/mol. The predicted molar refractivity (Wildman–Crippen MR) is 79.0 cm³/mol. The lowest BCUT2D eigenvalue weighted by molar-refractivity contribution is -0.0603. The summed E-state index contributed by atoms with van der Waals surface area (Å²) in [5, 5.41) is 8.99. The van der Waals surface area contributed by atoms with Crippen LogP contribution < -0.4 is 4.90 Å². The van der Waals surface area contributed by atoms with Crippen molar-refractivity contribution in [2.45, 2.75) is 24.9 Å². The monoisotopic (exact) mass is 284 g/mol.